The fourth-order valence-electron chi connectivity index (χ4n) is 3.95. The van der Waals surface area contributed by atoms with Crippen LogP contribution in [0, 0.1) is 11.3 Å². The number of esters is 1. The van der Waals surface area contributed by atoms with Crippen molar-refractivity contribution in [3.63, 3.8) is 0 Å². The van der Waals surface area contributed by atoms with Gasteiger partial charge in [-0.1, -0.05) is 19.3 Å². The van der Waals surface area contributed by atoms with Gasteiger partial charge < -0.3 is 15.0 Å². The summed E-state index contributed by atoms with van der Waals surface area (Å²) < 4.78 is 5.15. The summed E-state index contributed by atoms with van der Waals surface area (Å²) in [5, 5.41) is 12.1. The molecule has 2 saturated heterocycles. The summed E-state index contributed by atoms with van der Waals surface area (Å²) >= 11 is 1.58. The van der Waals surface area contributed by atoms with Crippen molar-refractivity contribution in [3.8, 4) is 6.07 Å². The number of nitriles is 1. The zero-order chi connectivity index (χ0) is 18.1. The molecule has 0 bridgehead atoms. The lowest BCUT2D eigenvalue weighted by Crippen LogP contribution is -2.51. The Kier molecular flexibility index (Phi) is 4.96. The number of hydrogen-bond donors (Lipinski definition) is 1. The summed E-state index contributed by atoms with van der Waals surface area (Å²) in [7, 11) is 0. The van der Waals surface area contributed by atoms with Crippen LogP contribution in [0.1, 0.15) is 51.9 Å². The highest BCUT2D eigenvalue weighted by Gasteiger charge is 2.53. The van der Waals surface area contributed by atoms with E-state index in [-0.39, 0.29) is 10.8 Å². The number of thioether (sulfide) groups is 1. The van der Waals surface area contributed by atoms with Gasteiger partial charge in [-0.3, -0.25) is 9.59 Å². The molecule has 3 rings (SSSR count). The summed E-state index contributed by atoms with van der Waals surface area (Å²) in [5.74, 6) is -0.552. The van der Waals surface area contributed by atoms with Crippen LogP contribution in [-0.2, 0) is 19.1 Å². The van der Waals surface area contributed by atoms with Crippen LogP contribution < -0.4 is 5.32 Å². The molecule has 1 aliphatic carbocycles. The molecular formula is C17H23N3O4S. The third-order valence-corrected chi connectivity index (χ3v) is 6.87. The van der Waals surface area contributed by atoms with Gasteiger partial charge >= 0.3 is 5.97 Å². The molecule has 136 valence electrons. The van der Waals surface area contributed by atoms with Gasteiger partial charge in [-0.15, -0.1) is 11.8 Å². The van der Waals surface area contributed by atoms with Gasteiger partial charge in [0.25, 0.3) is 5.91 Å². The van der Waals surface area contributed by atoms with E-state index in [1.165, 1.54) is 0 Å². The van der Waals surface area contributed by atoms with Crippen LogP contribution in [0.25, 0.3) is 0 Å². The van der Waals surface area contributed by atoms with E-state index in [4.69, 9.17) is 4.74 Å². The molecule has 1 N–H and O–H groups in total. The van der Waals surface area contributed by atoms with E-state index >= 15 is 0 Å². The maximum absolute atomic E-state index is 12.3. The topological polar surface area (TPSA) is 99.5 Å². The number of carbonyl (C=O) groups is 3. The number of ether oxygens (including phenoxy) is 1. The number of amides is 2. The lowest BCUT2D eigenvalue weighted by molar-refractivity contribution is -0.156. The average Bonchev–Trinajstić information content (AvgIpc) is 3.10. The SMILES string of the molecule is C[C@@]12CCC(=O)N1[C@@H](C(=O)OCC(=O)NC1(C#N)CCCCC1)CS2. The number of rotatable bonds is 4. The first-order chi connectivity index (χ1) is 11.9. The fraction of sp³-hybridized carbons (Fsp3) is 0.765. The van der Waals surface area contributed by atoms with Crippen LogP contribution in [-0.4, -0.2) is 51.5 Å². The highest BCUT2D eigenvalue weighted by molar-refractivity contribution is 8.01. The minimum Gasteiger partial charge on any atom is -0.454 e. The number of nitrogens with one attached hydrogen (secondary N) is 1. The Morgan fingerprint density at radius 2 is 2.08 bits per heavy atom. The first-order valence-corrected chi connectivity index (χ1v) is 9.73. The largest absolute Gasteiger partial charge is 0.454 e. The number of fused-ring (bicyclic) bond motifs is 1. The van der Waals surface area contributed by atoms with E-state index in [2.05, 4.69) is 11.4 Å². The summed E-state index contributed by atoms with van der Waals surface area (Å²) in [6.45, 7) is 1.55. The molecule has 2 atom stereocenters. The second-order valence-corrected chi connectivity index (χ2v) is 8.68. The Bertz CT molecular complexity index is 626. The lowest BCUT2D eigenvalue weighted by atomic mass is 9.83. The van der Waals surface area contributed by atoms with Gasteiger partial charge in [0, 0.05) is 12.2 Å². The monoisotopic (exact) mass is 365 g/mol. The standard InChI is InChI=1S/C17H23N3O4S/c1-16-8-5-14(22)20(16)12(10-25-16)15(23)24-9-13(21)19-17(11-18)6-3-2-4-7-17/h12H,2-10H2,1H3,(H,19,21)/t12-,16-/m1/s1. The first-order valence-electron chi connectivity index (χ1n) is 8.74. The van der Waals surface area contributed by atoms with Gasteiger partial charge in [-0.2, -0.15) is 5.26 Å². The van der Waals surface area contributed by atoms with Crippen LogP contribution in [0.5, 0.6) is 0 Å². The molecule has 2 amide bonds. The lowest BCUT2D eigenvalue weighted by Gasteiger charge is -2.31. The Morgan fingerprint density at radius 1 is 1.36 bits per heavy atom. The fourth-order valence-corrected chi connectivity index (χ4v) is 5.37. The first kappa shape index (κ1) is 18.1. The second-order valence-electron chi connectivity index (χ2n) is 7.18. The third-order valence-electron chi connectivity index (χ3n) is 5.36. The van der Waals surface area contributed by atoms with Gasteiger partial charge in [0.15, 0.2) is 6.61 Å². The minimum absolute atomic E-state index is 0.0375. The van der Waals surface area contributed by atoms with Gasteiger partial charge in [0.05, 0.1) is 10.9 Å². The molecule has 1 saturated carbocycles. The van der Waals surface area contributed by atoms with Crippen LogP contribution in [0.3, 0.4) is 0 Å². The van der Waals surface area contributed by atoms with E-state index < -0.39 is 30.1 Å². The average molecular weight is 365 g/mol. The van der Waals surface area contributed by atoms with Crippen molar-refractivity contribution in [1.82, 2.24) is 10.2 Å². The van der Waals surface area contributed by atoms with Crippen molar-refractivity contribution in [1.29, 1.82) is 5.26 Å². The molecule has 0 aromatic carbocycles. The molecule has 0 aromatic rings. The van der Waals surface area contributed by atoms with Crippen molar-refractivity contribution in [2.75, 3.05) is 12.4 Å². The van der Waals surface area contributed by atoms with E-state index in [0.717, 1.165) is 25.7 Å². The molecular weight excluding hydrogens is 342 g/mol. The van der Waals surface area contributed by atoms with Crippen molar-refractivity contribution >= 4 is 29.5 Å². The number of hydrogen-bond acceptors (Lipinski definition) is 6. The number of nitrogens with zero attached hydrogens (tertiary/aromatic N) is 2. The molecule has 25 heavy (non-hydrogen) atoms. The van der Waals surface area contributed by atoms with E-state index in [0.29, 0.717) is 25.0 Å². The molecule has 7 nitrogen and oxygen atoms in total. The van der Waals surface area contributed by atoms with Crippen LogP contribution >= 0.6 is 11.8 Å². The van der Waals surface area contributed by atoms with Crippen molar-refractivity contribution in [3.05, 3.63) is 0 Å². The zero-order valence-electron chi connectivity index (χ0n) is 14.4. The van der Waals surface area contributed by atoms with Crippen molar-refractivity contribution in [2.45, 2.75) is 68.3 Å². The molecule has 0 aromatic heterocycles. The van der Waals surface area contributed by atoms with Crippen LogP contribution in [0.15, 0.2) is 0 Å². The molecule has 3 fully saturated rings. The Balaban J connectivity index is 1.53. The van der Waals surface area contributed by atoms with Gasteiger partial charge in [-0.25, -0.2) is 4.79 Å². The number of carbonyl (C=O) groups excluding carboxylic acids is 3. The molecule has 0 radical (unpaired) electrons. The summed E-state index contributed by atoms with van der Waals surface area (Å²) in [5.41, 5.74) is -0.839. The predicted octanol–water partition coefficient (Wildman–Crippen LogP) is 1.33. The maximum Gasteiger partial charge on any atom is 0.330 e. The molecule has 8 heteroatoms. The minimum atomic E-state index is -0.839. The van der Waals surface area contributed by atoms with Gasteiger partial charge in [-0.05, 0) is 26.2 Å². The van der Waals surface area contributed by atoms with Crippen LogP contribution in [0.2, 0.25) is 0 Å². The summed E-state index contributed by atoms with van der Waals surface area (Å²) in [4.78, 5) is 37.8. The maximum atomic E-state index is 12.3. The molecule has 2 heterocycles. The van der Waals surface area contributed by atoms with E-state index in [9.17, 15) is 19.6 Å². The normalized spacial score (nSPS) is 30.5. The zero-order valence-corrected chi connectivity index (χ0v) is 15.2. The van der Waals surface area contributed by atoms with E-state index in [1.54, 1.807) is 16.7 Å². The molecule has 3 aliphatic rings. The molecule has 0 spiro atoms. The summed E-state index contributed by atoms with van der Waals surface area (Å²) in [6.07, 6.45) is 5.30. The highest BCUT2D eigenvalue weighted by Crippen LogP contribution is 2.47. The highest BCUT2D eigenvalue weighted by atomic mass is 32.2. The Labute approximate surface area is 151 Å². The molecule has 2 aliphatic heterocycles. The quantitative estimate of drug-likeness (QED) is 0.755. The van der Waals surface area contributed by atoms with Gasteiger partial charge in [0.1, 0.15) is 11.6 Å². The third kappa shape index (κ3) is 3.47. The van der Waals surface area contributed by atoms with Crippen molar-refractivity contribution < 1.29 is 19.1 Å². The Hall–Kier alpha value is -1.75. The van der Waals surface area contributed by atoms with Crippen molar-refractivity contribution in [2.24, 2.45) is 0 Å². The smallest absolute Gasteiger partial charge is 0.330 e. The molecule has 0 unspecified atom stereocenters. The second kappa shape index (κ2) is 6.87. The summed E-state index contributed by atoms with van der Waals surface area (Å²) in [6, 6.07) is 1.58. The predicted molar refractivity (Wildman–Crippen MR) is 91.3 cm³/mol. The van der Waals surface area contributed by atoms with E-state index in [1.807, 2.05) is 6.92 Å². The van der Waals surface area contributed by atoms with Gasteiger partial charge in [0.2, 0.25) is 5.91 Å². The van der Waals surface area contributed by atoms with Crippen LogP contribution in [0.4, 0.5) is 0 Å². The Morgan fingerprint density at radius 3 is 2.76 bits per heavy atom.